The van der Waals surface area contributed by atoms with Crippen molar-refractivity contribution in [3.05, 3.63) is 10.6 Å². The van der Waals surface area contributed by atoms with Gasteiger partial charge in [0.1, 0.15) is 4.88 Å². The van der Waals surface area contributed by atoms with E-state index in [0.717, 1.165) is 38.2 Å². The molecule has 0 aromatic carbocycles. The number of rotatable bonds is 3. The fourth-order valence-corrected chi connectivity index (χ4v) is 3.45. The lowest BCUT2D eigenvalue weighted by atomic mass is 9.91. The van der Waals surface area contributed by atoms with Crippen molar-refractivity contribution in [1.29, 1.82) is 0 Å². The Morgan fingerprint density at radius 3 is 2.80 bits per heavy atom. The van der Waals surface area contributed by atoms with Crippen molar-refractivity contribution in [3.8, 4) is 0 Å². The maximum Gasteiger partial charge on any atom is 0.267 e. The summed E-state index contributed by atoms with van der Waals surface area (Å²) in [7, 11) is 0. The maximum atomic E-state index is 12.8. The Morgan fingerprint density at radius 2 is 2.25 bits per heavy atom. The smallest absolute Gasteiger partial charge is 0.267 e. The Labute approximate surface area is 124 Å². The lowest BCUT2D eigenvalue weighted by Crippen LogP contribution is -2.48. The first-order valence-corrected chi connectivity index (χ1v) is 8.07. The molecule has 1 N–H and O–H groups in total. The van der Waals surface area contributed by atoms with Gasteiger partial charge in [0, 0.05) is 24.5 Å². The van der Waals surface area contributed by atoms with E-state index in [9.17, 15) is 4.79 Å². The summed E-state index contributed by atoms with van der Waals surface area (Å²) in [4.78, 5) is 15.5. The van der Waals surface area contributed by atoms with Crippen LogP contribution in [0.1, 0.15) is 55.9 Å². The molecule has 0 aliphatic carbocycles. The zero-order valence-corrected chi connectivity index (χ0v) is 13.6. The predicted molar refractivity (Wildman–Crippen MR) is 81.2 cm³/mol. The maximum absolute atomic E-state index is 12.8. The van der Waals surface area contributed by atoms with Gasteiger partial charge < -0.3 is 10.2 Å². The molecule has 0 spiro atoms. The minimum absolute atomic E-state index is 0.0844. The second-order valence-electron chi connectivity index (χ2n) is 6.29. The Bertz CT molecular complexity index is 460. The van der Waals surface area contributed by atoms with Gasteiger partial charge in [0.15, 0.2) is 0 Å². The molecule has 1 atom stereocenters. The molecule has 1 aliphatic rings. The molecule has 6 heteroatoms. The van der Waals surface area contributed by atoms with E-state index in [0.29, 0.717) is 4.88 Å². The van der Waals surface area contributed by atoms with Crippen LogP contribution >= 0.6 is 11.5 Å². The largest absolute Gasteiger partial charge is 0.334 e. The number of carbonyl (C=O) groups excluding carboxylic acids is 1. The van der Waals surface area contributed by atoms with Crippen molar-refractivity contribution in [1.82, 2.24) is 19.8 Å². The molecule has 1 amide bonds. The normalized spacial score (nSPS) is 19.9. The van der Waals surface area contributed by atoms with Gasteiger partial charge in [-0.2, -0.15) is 0 Å². The van der Waals surface area contributed by atoms with E-state index < -0.39 is 0 Å². The fourth-order valence-electron chi connectivity index (χ4n) is 2.62. The van der Waals surface area contributed by atoms with Gasteiger partial charge in [0.2, 0.25) is 0 Å². The molecular formula is C14H24N4OS. The van der Waals surface area contributed by atoms with Crippen molar-refractivity contribution in [2.45, 2.75) is 52.0 Å². The number of hydrogen-bond donors (Lipinski definition) is 1. The van der Waals surface area contributed by atoms with E-state index in [-0.39, 0.29) is 17.4 Å². The molecular weight excluding hydrogens is 272 g/mol. The summed E-state index contributed by atoms with van der Waals surface area (Å²) in [5.41, 5.74) is 0.664. The van der Waals surface area contributed by atoms with E-state index in [4.69, 9.17) is 0 Å². The minimum atomic E-state index is -0.151. The number of carbonyl (C=O) groups is 1. The van der Waals surface area contributed by atoms with Gasteiger partial charge >= 0.3 is 0 Å². The van der Waals surface area contributed by atoms with Crippen LogP contribution in [0.5, 0.6) is 0 Å². The highest BCUT2D eigenvalue weighted by molar-refractivity contribution is 7.08. The summed E-state index contributed by atoms with van der Waals surface area (Å²) < 4.78 is 4.00. The zero-order chi connectivity index (χ0) is 14.8. The van der Waals surface area contributed by atoms with Crippen molar-refractivity contribution in [2.75, 3.05) is 19.6 Å². The number of amides is 1. The number of likely N-dealkylation sites (N-methyl/N-ethyl adjacent to an activating group) is 1. The van der Waals surface area contributed by atoms with Crippen molar-refractivity contribution in [2.24, 2.45) is 0 Å². The zero-order valence-electron chi connectivity index (χ0n) is 12.8. The van der Waals surface area contributed by atoms with E-state index in [1.165, 1.54) is 11.5 Å². The molecule has 0 radical (unpaired) electrons. The molecule has 1 aromatic rings. The number of hydrogen-bond acceptors (Lipinski definition) is 5. The number of piperidine rings is 1. The lowest BCUT2D eigenvalue weighted by molar-refractivity contribution is 0.0664. The third kappa shape index (κ3) is 3.17. The third-order valence-corrected chi connectivity index (χ3v) is 4.42. The van der Waals surface area contributed by atoms with Gasteiger partial charge in [0.25, 0.3) is 5.91 Å². The van der Waals surface area contributed by atoms with Crippen LogP contribution in [0.3, 0.4) is 0 Å². The molecule has 2 heterocycles. The molecule has 20 heavy (non-hydrogen) atoms. The summed E-state index contributed by atoms with van der Waals surface area (Å²) >= 11 is 1.22. The molecule has 1 unspecified atom stereocenters. The fraction of sp³-hybridized carbons (Fsp3) is 0.786. The number of aromatic nitrogens is 2. The Hall–Kier alpha value is -1.01. The van der Waals surface area contributed by atoms with Gasteiger partial charge in [-0.3, -0.25) is 4.79 Å². The highest BCUT2D eigenvalue weighted by Crippen LogP contribution is 2.27. The Morgan fingerprint density at radius 1 is 1.50 bits per heavy atom. The van der Waals surface area contributed by atoms with E-state index in [2.05, 4.69) is 35.7 Å². The summed E-state index contributed by atoms with van der Waals surface area (Å²) in [5.74, 6) is 0.0844. The standard InChI is InChI=1S/C14H24N4OS/c1-5-18(10-7-6-8-15-9-10)13(19)11-12(14(2,3)4)16-17-20-11/h10,15H,5-9H2,1-4H3. The lowest BCUT2D eigenvalue weighted by Gasteiger charge is -2.34. The number of nitrogens with one attached hydrogen (secondary N) is 1. The summed E-state index contributed by atoms with van der Waals surface area (Å²) in [6, 6.07) is 0.288. The first-order valence-electron chi connectivity index (χ1n) is 7.29. The Balaban J connectivity index is 2.22. The molecule has 2 rings (SSSR count). The van der Waals surface area contributed by atoms with Crippen LogP contribution in [0, 0.1) is 0 Å². The topological polar surface area (TPSA) is 58.1 Å². The van der Waals surface area contributed by atoms with Gasteiger partial charge in [-0.25, -0.2) is 0 Å². The molecule has 0 bridgehead atoms. The SMILES string of the molecule is CCN(C(=O)c1snnc1C(C)(C)C)C1CCCNC1. The van der Waals surface area contributed by atoms with Gasteiger partial charge in [-0.1, -0.05) is 25.3 Å². The van der Waals surface area contributed by atoms with Crippen LogP contribution in [0.25, 0.3) is 0 Å². The van der Waals surface area contributed by atoms with Crippen LogP contribution < -0.4 is 5.32 Å². The monoisotopic (exact) mass is 296 g/mol. The third-order valence-electron chi connectivity index (χ3n) is 3.71. The van der Waals surface area contributed by atoms with E-state index >= 15 is 0 Å². The molecule has 1 saturated heterocycles. The van der Waals surface area contributed by atoms with E-state index in [1.54, 1.807) is 0 Å². The van der Waals surface area contributed by atoms with Crippen molar-refractivity contribution in [3.63, 3.8) is 0 Å². The van der Waals surface area contributed by atoms with E-state index in [1.807, 2.05) is 11.8 Å². The molecule has 1 aliphatic heterocycles. The Kier molecular flexibility index (Phi) is 4.75. The molecule has 5 nitrogen and oxygen atoms in total. The number of nitrogens with zero attached hydrogens (tertiary/aromatic N) is 3. The molecule has 0 saturated carbocycles. The summed E-state index contributed by atoms with van der Waals surface area (Å²) in [6.07, 6.45) is 2.20. The van der Waals surface area contributed by atoms with Crippen molar-refractivity contribution >= 4 is 17.4 Å². The first-order chi connectivity index (χ1) is 9.45. The molecule has 1 aromatic heterocycles. The molecule has 1 fully saturated rings. The van der Waals surface area contributed by atoms with Crippen molar-refractivity contribution < 1.29 is 4.79 Å². The second kappa shape index (κ2) is 6.18. The van der Waals surface area contributed by atoms with Crippen LogP contribution in [-0.2, 0) is 5.41 Å². The summed E-state index contributed by atoms with van der Waals surface area (Å²) in [5, 5.41) is 7.55. The van der Waals surface area contributed by atoms with Crippen LogP contribution in [-0.4, -0.2) is 46.1 Å². The highest BCUT2D eigenvalue weighted by atomic mass is 32.1. The minimum Gasteiger partial charge on any atom is -0.334 e. The second-order valence-corrected chi connectivity index (χ2v) is 7.05. The predicted octanol–water partition coefficient (Wildman–Crippen LogP) is 2.05. The highest BCUT2D eigenvalue weighted by Gasteiger charge is 2.31. The molecule has 112 valence electrons. The van der Waals surface area contributed by atoms with Crippen LogP contribution in [0.4, 0.5) is 0 Å². The van der Waals surface area contributed by atoms with Gasteiger partial charge in [-0.05, 0) is 37.8 Å². The van der Waals surface area contributed by atoms with Crippen LogP contribution in [0.2, 0.25) is 0 Å². The first kappa shape index (κ1) is 15.4. The van der Waals surface area contributed by atoms with Gasteiger partial charge in [0.05, 0.1) is 5.69 Å². The average molecular weight is 296 g/mol. The van der Waals surface area contributed by atoms with Gasteiger partial charge in [-0.15, -0.1) is 5.10 Å². The summed E-state index contributed by atoms with van der Waals surface area (Å²) in [6.45, 7) is 10.9. The quantitative estimate of drug-likeness (QED) is 0.927. The average Bonchev–Trinajstić information content (AvgIpc) is 2.90. The van der Waals surface area contributed by atoms with Crippen LogP contribution in [0.15, 0.2) is 0 Å².